The van der Waals surface area contributed by atoms with E-state index in [1.165, 1.54) is 4.57 Å². The second kappa shape index (κ2) is 5.81. The van der Waals surface area contributed by atoms with E-state index < -0.39 is 11.7 Å². The van der Waals surface area contributed by atoms with E-state index in [1.54, 1.807) is 18.2 Å². The number of aromatic nitrogens is 3. The fraction of sp³-hybridized carbons (Fsp3) is 0.100. The summed E-state index contributed by atoms with van der Waals surface area (Å²) >= 11 is 10.1. The molecule has 0 amide bonds. The molecule has 0 bridgehead atoms. The van der Waals surface area contributed by atoms with Crippen molar-refractivity contribution in [2.75, 3.05) is 5.75 Å². The number of H-pyrrole nitrogens is 1. The molecule has 0 atom stereocenters. The van der Waals surface area contributed by atoms with Crippen molar-refractivity contribution in [3.8, 4) is 5.69 Å². The molecule has 2 rings (SSSR count). The maximum atomic E-state index is 11.7. The Bertz CT molecular complexity index is 685. The van der Waals surface area contributed by atoms with E-state index in [0.717, 1.165) is 11.8 Å². The topological polar surface area (TPSA) is 88.0 Å². The molecule has 0 aliphatic rings. The summed E-state index contributed by atoms with van der Waals surface area (Å²) in [6.07, 6.45) is 0. The van der Waals surface area contributed by atoms with Gasteiger partial charge in [-0.1, -0.05) is 23.4 Å². The van der Waals surface area contributed by atoms with Gasteiger partial charge in [0, 0.05) is 4.47 Å². The van der Waals surface area contributed by atoms with Crippen LogP contribution in [0.1, 0.15) is 0 Å². The smallest absolute Gasteiger partial charge is 0.348 e. The molecule has 0 aliphatic heterocycles. The molecule has 2 aromatic rings. The van der Waals surface area contributed by atoms with E-state index in [4.69, 9.17) is 16.7 Å². The maximum Gasteiger partial charge on any atom is 0.348 e. The van der Waals surface area contributed by atoms with Crippen molar-refractivity contribution in [2.45, 2.75) is 5.16 Å². The highest BCUT2D eigenvalue weighted by atomic mass is 79.9. The molecule has 0 radical (unpaired) electrons. The van der Waals surface area contributed by atoms with Crippen LogP contribution in [0.4, 0.5) is 0 Å². The van der Waals surface area contributed by atoms with Crippen molar-refractivity contribution in [1.82, 2.24) is 14.8 Å². The fourth-order valence-corrected chi connectivity index (χ4v) is 2.52. The molecule has 19 heavy (non-hydrogen) atoms. The van der Waals surface area contributed by atoms with E-state index >= 15 is 0 Å². The normalized spacial score (nSPS) is 10.6. The van der Waals surface area contributed by atoms with Crippen LogP contribution in [-0.2, 0) is 4.79 Å². The summed E-state index contributed by atoms with van der Waals surface area (Å²) in [6.45, 7) is 0. The highest BCUT2D eigenvalue weighted by molar-refractivity contribution is 9.10. The summed E-state index contributed by atoms with van der Waals surface area (Å²) in [5.74, 6) is -1.16. The summed E-state index contributed by atoms with van der Waals surface area (Å²) in [5, 5.41) is 15.5. The molecule has 9 heteroatoms. The zero-order chi connectivity index (χ0) is 14.0. The number of benzene rings is 1. The molecule has 0 fully saturated rings. The number of carboxylic acid groups (broad SMARTS) is 1. The van der Waals surface area contributed by atoms with Gasteiger partial charge in [0.25, 0.3) is 0 Å². The van der Waals surface area contributed by atoms with E-state index in [0.29, 0.717) is 15.2 Å². The van der Waals surface area contributed by atoms with Gasteiger partial charge >= 0.3 is 11.7 Å². The van der Waals surface area contributed by atoms with Gasteiger partial charge in [-0.25, -0.2) is 14.5 Å². The largest absolute Gasteiger partial charge is 0.481 e. The number of aromatic amines is 1. The van der Waals surface area contributed by atoms with Crippen molar-refractivity contribution in [2.24, 2.45) is 0 Å². The van der Waals surface area contributed by atoms with Crippen LogP contribution in [0.15, 0.2) is 32.6 Å². The molecule has 0 unspecified atom stereocenters. The van der Waals surface area contributed by atoms with E-state index in [9.17, 15) is 9.59 Å². The molecular formula is C10H7BrClN3O3S. The minimum absolute atomic E-state index is 0.181. The summed E-state index contributed by atoms with van der Waals surface area (Å²) in [7, 11) is 0. The van der Waals surface area contributed by atoms with E-state index in [-0.39, 0.29) is 10.9 Å². The molecule has 0 spiro atoms. The molecule has 2 N–H and O–H groups in total. The summed E-state index contributed by atoms with van der Waals surface area (Å²) in [6, 6.07) is 4.94. The first-order valence-corrected chi connectivity index (χ1v) is 7.12. The van der Waals surface area contributed by atoms with Crippen molar-refractivity contribution < 1.29 is 9.90 Å². The standard InChI is InChI=1S/C10H7BrClN3O3S/c11-6-3-5(1-2-7(6)12)15-9(18)13-14-10(15)19-4-8(16)17/h1-3H,4H2,(H,13,18)(H,16,17). The fourth-order valence-electron chi connectivity index (χ4n) is 1.36. The van der Waals surface area contributed by atoms with Crippen LogP contribution in [0.25, 0.3) is 5.69 Å². The third-order valence-electron chi connectivity index (χ3n) is 2.13. The number of carbonyl (C=O) groups is 1. The van der Waals surface area contributed by atoms with Gasteiger partial charge < -0.3 is 5.11 Å². The number of hydrogen-bond acceptors (Lipinski definition) is 4. The highest BCUT2D eigenvalue weighted by Crippen LogP contribution is 2.26. The highest BCUT2D eigenvalue weighted by Gasteiger charge is 2.13. The Morgan fingerprint density at radius 3 is 2.95 bits per heavy atom. The minimum Gasteiger partial charge on any atom is -0.481 e. The van der Waals surface area contributed by atoms with Gasteiger partial charge in [-0.15, -0.1) is 5.10 Å². The molecule has 6 nitrogen and oxygen atoms in total. The van der Waals surface area contributed by atoms with Gasteiger partial charge in [-0.05, 0) is 34.1 Å². The molecule has 0 saturated heterocycles. The first-order valence-electron chi connectivity index (χ1n) is 4.96. The summed E-state index contributed by atoms with van der Waals surface area (Å²) in [4.78, 5) is 22.3. The maximum absolute atomic E-state index is 11.7. The Morgan fingerprint density at radius 1 is 1.58 bits per heavy atom. The third-order valence-corrected chi connectivity index (χ3v) is 4.26. The van der Waals surface area contributed by atoms with Crippen LogP contribution in [0, 0.1) is 0 Å². The van der Waals surface area contributed by atoms with E-state index in [1.807, 2.05) is 0 Å². The Labute approximate surface area is 124 Å². The number of rotatable bonds is 4. The van der Waals surface area contributed by atoms with Gasteiger partial charge in [0.05, 0.1) is 16.5 Å². The average molecular weight is 365 g/mol. The number of halogens is 2. The lowest BCUT2D eigenvalue weighted by molar-refractivity contribution is -0.133. The monoisotopic (exact) mass is 363 g/mol. The first kappa shape index (κ1) is 14.2. The SMILES string of the molecule is O=C(O)CSc1n[nH]c(=O)n1-c1ccc(Cl)c(Br)c1. The third kappa shape index (κ3) is 3.20. The molecule has 100 valence electrons. The van der Waals surface area contributed by atoms with Crippen LogP contribution >= 0.6 is 39.3 Å². The molecular weight excluding hydrogens is 358 g/mol. The number of hydrogen-bond donors (Lipinski definition) is 2. The predicted molar refractivity (Wildman–Crippen MR) is 75.3 cm³/mol. The first-order chi connectivity index (χ1) is 8.99. The molecule has 1 heterocycles. The number of nitrogens with zero attached hydrogens (tertiary/aromatic N) is 2. The number of thioether (sulfide) groups is 1. The van der Waals surface area contributed by atoms with Crippen molar-refractivity contribution in [3.05, 3.63) is 38.2 Å². The molecule has 0 saturated carbocycles. The van der Waals surface area contributed by atoms with Crippen molar-refractivity contribution in [1.29, 1.82) is 0 Å². The lowest BCUT2D eigenvalue weighted by Crippen LogP contribution is -2.15. The number of carboxylic acids is 1. The second-order valence-corrected chi connectivity index (χ2v) is 5.63. The number of nitrogens with one attached hydrogen (secondary N) is 1. The van der Waals surface area contributed by atoms with Gasteiger partial charge in [0.15, 0.2) is 5.16 Å². The van der Waals surface area contributed by atoms with Crippen LogP contribution in [0.5, 0.6) is 0 Å². The van der Waals surface area contributed by atoms with E-state index in [2.05, 4.69) is 26.1 Å². The van der Waals surface area contributed by atoms with Crippen molar-refractivity contribution >= 4 is 45.3 Å². The number of aliphatic carboxylic acids is 1. The Morgan fingerprint density at radius 2 is 2.32 bits per heavy atom. The van der Waals surface area contributed by atoms with Crippen LogP contribution in [-0.4, -0.2) is 31.6 Å². The minimum atomic E-state index is -0.982. The van der Waals surface area contributed by atoms with Crippen LogP contribution in [0.3, 0.4) is 0 Å². The van der Waals surface area contributed by atoms with Crippen LogP contribution in [0.2, 0.25) is 5.02 Å². The average Bonchev–Trinajstić information content (AvgIpc) is 2.71. The zero-order valence-corrected chi connectivity index (χ0v) is 12.4. The Balaban J connectivity index is 2.43. The van der Waals surface area contributed by atoms with Gasteiger partial charge in [-0.2, -0.15) is 0 Å². The Hall–Kier alpha value is -1.25. The van der Waals surface area contributed by atoms with Gasteiger partial charge in [-0.3, -0.25) is 4.79 Å². The lowest BCUT2D eigenvalue weighted by atomic mass is 10.3. The molecule has 1 aromatic heterocycles. The van der Waals surface area contributed by atoms with Gasteiger partial charge in [0.1, 0.15) is 0 Å². The lowest BCUT2D eigenvalue weighted by Gasteiger charge is -2.05. The molecule has 0 aliphatic carbocycles. The summed E-state index contributed by atoms with van der Waals surface area (Å²) < 4.78 is 1.92. The van der Waals surface area contributed by atoms with Gasteiger partial charge in [0.2, 0.25) is 0 Å². The quantitative estimate of drug-likeness (QED) is 0.812. The van der Waals surface area contributed by atoms with Crippen LogP contribution < -0.4 is 5.69 Å². The second-order valence-electron chi connectivity index (χ2n) is 3.43. The predicted octanol–water partition coefficient (Wildman–Crippen LogP) is 2.15. The molecule has 1 aromatic carbocycles. The summed E-state index contributed by atoms with van der Waals surface area (Å²) in [5.41, 5.74) is 0.102. The van der Waals surface area contributed by atoms with Crippen molar-refractivity contribution in [3.63, 3.8) is 0 Å². The zero-order valence-electron chi connectivity index (χ0n) is 9.26. The Kier molecular flexibility index (Phi) is 4.33.